The molecular weight excluding hydrogens is 605 g/mol. The van der Waals surface area contributed by atoms with Crippen LogP contribution in [-0.4, -0.2) is 4.57 Å². The first-order chi connectivity index (χ1) is 24.7. The fourth-order valence-electron chi connectivity index (χ4n) is 7.22. The molecule has 236 valence electrons. The fourth-order valence-corrected chi connectivity index (χ4v) is 7.22. The van der Waals surface area contributed by atoms with Gasteiger partial charge in [-0.1, -0.05) is 134 Å². The molecule has 9 rings (SSSR count). The summed E-state index contributed by atoms with van der Waals surface area (Å²) in [5, 5.41) is 2.45. The highest BCUT2D eigenvalue weighted by atomic mass is 15.1. The van der Waals surface area contributed by atoms with Crippen molar-refractivity contribution < 1.29 is 0 Å². The van der Waals surface area contributed by atoms with Gasteiger partial charge in [-0.2, -0.15) is 0 Å². The smallest absolute Gasteiger partial charge is 0.0541 e. The number of aromatic nitrogens is 1. The summed E-state index contributed by atoms with van der Waals surface area (Å²) in [4.78, 5) is 2.28. The summed E-state index contributed by atoms with van der Waals surface area (Å²) in [6.45, 7) is 4.61. The van der Waals surface area contributed by atoms with Crippen molar-refractivity contribution in [2.75, 3.05) is 4.90 Å². The Morgan fingerprint density at radius 3 is 1.74 bits per heavy atom. The molecule has 0 unspecified atom stereocenters. The molecule has 0 N–H and O–H groups in total. The molecule has 0 bridgehead atoms. The van der Waals surface area contributed by atoms with Crippen molar-refractivity contribution in [3.05, 3.63) is 212 Å². The van der Waals surface area contributed by atoms with Gasteiger partial charge in [-0.15, -0.1) is 0 Å². The monoisotopic (exact) mass is 638 g/mol. The molecule has 1 aliphatic heterocycles. The van der Waals surface area contributed by atoms with Crippen molar-refractivity contribution in [2.24, 2.45) is 0 Å². The molecule has 0 amide bonds. The number of benzene rings is 7. The van der Waals surface area contributed by atoms with Crippen molar-refractivity contribution >= 4 is 44.3 Å². The molecule has 7 aromatic carbocycles. The lowest BCUT2D eigenvalue weighted by Gasteiger charge is -2.27. The number of rotatable bonds is 5. The minimum absolute atomic E-state index is 0.973. The third-order valence-electron chi connectivity index (χ3n) is 9.72. The maximum atomic E-state index is 4.61. The lowest BCUT2D eigenvalue weighted by molar-refractivity contribution is 1.18. The summed E-state index contributed by atoms with van der Waals surface area (Å²) in [6.07, 6.45) is 6.64. The van der Waals surface area contributed by atoms with Crippen molar-refractivity contribution in [3.63, 3.8) is 0 Å². The predicted octanol–water partition coefficient (Wildman–Crippen LogP) is 12.9. The molecule has 1 aromatic heterocycles. The Morgan fingerprint density at radius 1 is 0.420 bits per heavy atom. The van der Waals surface area contributed by atoms with Gasteiger partial charge in [0.05, 0.1) is 16.7 Å². The molecule has 0 saturated heterocycles. The zero-order chi connectivity index (χ0) is 33.4. The Morgan fingerprint density at radius 2 is 1.00 bits per heavy atom. The van der Waals surface area contributed by atoms with E-state index in [0.29, 0.717) is 0 Å². The molecule has 0 aliphatic carbocycles. The standard InChI is InChI=1S/C48H34N2/c1-34-31-40(29-30-49(41-17-9-4-10-18-41)48-33-39(23-27-43(34)48)36-15-7-3-8-16-36)38-24-28-47-45(32-38)44-19-11-12-20-46(44)50(47)42-25-21-37(22-26-42)35-13-5-2-6-14-35/h2-33H,1H2/b30-29-,40-31+. The van der Waals surface area contributed by atoms with Crippen LogP contribution in [0.1, 0.15) is 11.1 Å². The van der Waals surface area contributed by atoms with E-state index in [1.165, 1.54) is 44.1 Å². The lowest BCUT2D eigenvalue weighted by Crippen LogP contribution is -2.12. The molecule has 2 heteroatoms. The summed E-state index contributed by atoms with van der Waals surface area (Å²) < 4.78 is 2.38. The Balaban J connectivity index is 1.16. The average Bonchev–Trinajstić information content (AvgIpc) is 3.51. The average molecular weight is 639 g/mol. The first-order valence-electron chi connectivity index (χ1n) is 17.0. The van der Waals surface area contributed by atoms with E-state index < -0.39 is 0 Å². The van der Waals surface area contributed by atoms with Crippen LogP contribution < -0.4 is 4.90 Å². The van der Waals surface area contributed by atoms with Crippen LogP contribution in [0.15, 0.2) is 201 Å². The highest BCUT2D eigenvalue weighted by Crippen LogP contribution is 2.40. The Bertz CT molecular complexity index is 2570. The molecule has 50 heavy (non-hydrogen) atoms. The maximum absolute atomic E-state index is 4.61. The second kappa shape index (κ2) is 12.4. The molecule has 2 heterocycles. The van der Waals surface area contributed by atoms with Gasteiger partial charge < -0.3 is 9.47 Å². The Kier molecular flexibility index (Phi) is 7.33. The van der Waals surface area contributed by atoms with E-state index in [1.54, 1.807) is 0 Å². The molecule has 2 nitrogen and oxygen atoms in total. The number of hydrogen-bond acceptors (Lipinski definition) is 1. The first kappa shape index (κ1) is 29.5. The highest BCUT2D eigenvalue weighted by molar-refractivity contribution is 6.10. The number of para-hydroxylation sites is 2. The van der Waals surface area contributed by atoms with Gasteiger partial charge in [0.25, 0.3) is 0 Å². The second-order valence-electron chi connectivity index (χ2n) is 12.7. The lowest BCUT2D eigenvalue weighted by atomic mass is 9.93. The van der Waals surface area contributed by atoms with Crippen LogP contribution in [0.4, 0.5) is 11.4 Å². The minimum atomic E-state index is 0.973. The van der Waals surface area contributed by atoms with Crippen LogP contribution in [0, 0.1) is 0 Å². The summed E-state index contributed by atoms with van der Waals surface area (Å²) >= 11 is 0. The first-order valence-corrected chi connectivity index (χ1v) is 17.0. The quantitative estimate of drug-likeness (QED) is 0.182. The van der Waals surface area contributed by atoms with Gasteiger partial charge >= 0.3 is 0 Å². The summed E-state index contributed by atoms with van der Waals surface area (Å²) in [6, 6.07) is 62.8. The van der Waals surface area contributed by atoms with Gasteiger partial charge in [0.15, 0.2) is 0 Å². The van der Waals surface area contributed by atoms with Crippen LogP contribution in [0.3, 0.4) is 0 Å². The zero-order valence-electron chi connectivity index (χ0n) is 27.6. The Hall–Kier alpha value is -6.64. The van der Waals surface area contributed by atoms with Crippen LogP contribution in [0.2, 0.25) is 0 Å². The SMILES string of the molecule is C=C1/C=C(c2ccc3c(c2)c2ccccc2n3-c2ccc(-c3ccccc3)cc2)\C=C/N(c2ccccc2)c2cc(-c3ccccc3)ccc21. The summed E-state index contributed by atoms with van der Waals surface area (Å²) in [7, 11) is 0. The largest absolute Gasteiger partial charge is 0.317 e. The summed E-state index contributed by atoms with van der Waals surface area (Å²) in [5.41, 5.74) is 14.9. The normalized spacial score (nSPS) is 14.5. The van der Waals surface area contributed by atoms with Crippen molar-refractivity contribution in [2.45, 2.75) is 0 Å². The van der Waals surface area contributed by atoms with E-state index >= 15 is 0 Å². The van der Waals surface area contributed by atoms with Gasteiger partial charge in [0.1, 0.15) is 0 Å². The third kappa shape index (κ3) is 5.24. The highest BCUT2D eigenvalue weighted by Gasteiger charge is 2.19. The van der Waals surface area contributed by atoms with Crippen molar-refractivity contribution in [1.29, 1.82) is 0 Å². The van der Waals surface area contributed by atoms with E-state index in [4.69, 9.17) is 0 Å². The number of fused-ring (bicyclic) bond motifs is 4. The van der Waals surface area contributed by atoms with Gasteiger partial charge in [0, 0.05) is 33.9 Å². The van der Waals surface area contributed by atoms with E-state index in [-0.39, 0.29) is 0 Å². The molecule has 1 aliphatic rings. The van der Waals surface area contributed by atoms with Crippen LogP contribution >= 0.6 is 0 Å². The van der Waals surface area contributed by atoms with Gasteiger partial charge in [-0.05, 0) is 99.6 Å². The molecule has 0 fully saturated rings. The molecule has 8 aromatic rings. The fraction of sp³-hybridized carbons (Fsp3) is 0. The topological polar surface area (TPSA) is 8.17 Å². The van der Waals surface area contributed by atoms with Gasteiger partial charge in [-0.3, -0.25) is 0 Å². The predicted molar refractivity (Wildman–Crippen MR) is 213 cm³/mol. The van der Waals surface area contributed by atoms with Crippen LogP contribution in [0.5, 0.6) is 0 Å². The van der Waals surface area contributed by atoms with Crippen molar-refractivity contribution in [3.8, 4) is 27.9 Å². The number of allylic oxidation sites excluding steroid dienone is 4. The molecule has 0 radical (unpaired) electrons. The number of anilines is 2. The van der Waals surface area contributed by atoms with E-state index in [9.17, 15) is 0 Å². The van der Waals surface area contributed by atoms with E-state index in [1.807, 2.05) is 0 Å². The zero-order valence-corrected chi connectivity index (χ0v) is 27.6. The van der Waals surface area contributed by atoms with E-state index in [2.05, 4.69) is 210 Å². The Labute approximate surface area is 292 Å². The maximum Gasteiger partial charge on any atom is 0.0541 e. The minimum Gasteiger partial charge on any atom is -0.317 e. The molecule has 0 atom stereocenters. The third-order valence-corrected chi connectivity index (χ3v) is 9.72. The number of nitrogens with zero attached hydrogens (tertiary/aromatic N) is 2. The number of hydrogen-bond donors (Lipinski definition) is 0. The van der Waals surface area contributed by atoms with Gasteiger partial charge in [-0.25, -0.2) is 0 Å². The van der Waals surface area contributed by atoms with E-state index in [0.717, 1.165) is 39.3 Å². The van der Waals surface area contributed by atoms with Crippen LogP contribution in [-0.2, 0) is 0 Å². The molecular formula is C48H34N2. The summed E-state index contributed by atoms with van der Waals surface area (Å²) in [5.74, 6) is 0. The van der Waals surface area contributed by atoms with Crippen molar-refractivity contribution in [1.82, 2.24) is 4.57 Å². The molecule has 0 spiro atoms. The van der Waals surface area contributed by atoms with Crippen LogP contribution in [0.25, 0.3) is 60.9 Å². The molecule has 0 saturated carbocycles. The second-order valence-corrected chi connectivity index (χ2v) is 12.7. The van der Waals surface area contributed by atoms with Gasteiger partial charge in [0.2, 0.25) is 0 Å².